The van der Waals surface area contributed by atoms with Gasteiger partial charge in [-0.2, -0.15) is 0 Å². The number of piperazine rings is 1. The van der Waals surface area contributed by atoms with Crippen LogP contribution in [0.1, 0.15) is 63.2 Å². The summed E-state index contributed by atoms with van der Waals surface area (Å²) in [6.45, 7) is 7.54. The molecule has 164 valence electrons. The van der Waals surface area contributed by atoms with E-state index < -0.39 is 6.04 Å². The first kappa shape index (κ1) is 22.3. The summed E-state index contributed by atoms with van der Waals surface area (Å²) in [6.07, 6.45) is 4.85. The highest BCUT2D eigenvalue weighted by atomic mass is 16.2. The molecule has 6 nitrogen and oxygen atoms in total. The van der Waals surface area contributed by atoms with Crippen molar-refractivity contribution in [1.29, 1.82) is 0 Å². The summed E-state index contributed by atoms with van der Waals surface area (Å²) in [5, 5.41) is 3.07. The summed E-state index contributed by atoms with van der Waals surface area (Å²) in [5.41, 5.74) is 0.672. The number of carbonyl (C=O) groups is 3. The van der Waals surface area contributed by atoms with Crippen molar-refractivity contribution < 1.29 is 14.4 Å². The molecule has 1 aliphatic carbocycles. The van der Waals surface area contributed by atoms with Gasteiger partial charge in [-0.3, -0.25) is 14.4 Å². The maximum Gasteiger partial charge on any atom is 0.254 e. The van der Waals surface area contributed by atoms with E-state index in [1.54, 1.807) is 0 Å². The number of hydrogen-bond acceptors (Lipinski definition) is 3. The van der Waals surface area contributed by atoms with Gasteiger partial charge in [0.1, 0.15) is 6.04 Å². The van der Waals surface area contributed by atoms with E-state index in [2.05, 4.69) is 5.32 Å². The van der Waals surface area contributed by atoms with E-state index in [1.807, 2.05) is 60.9 Å². The van der Waals surface area contributed by atoms with E-state index in [0.717, 1.165) is 32.1 Å². The molecule has 3 atom stereocenters. The molecule has 3 unspecified atom stereocenters. The van der Waals surface area contributed by atoms with Crippen LogP contribution in [-0.2, 0) is 9.59 Å². The molecule has 0 aromatic heterocycles. The largest absolute Gasteiger partial charge is 0.344 e. The van der Waals surface area contributed by atoms with Crippen molar-refractivity contribution in [3.63, 3.8) is 0 Å². The second-order valence-electron chi connectivity index (χ2n) is 8.85. The fourth-order valence-corrected chi connectivity index (χ4v) is 4.54. The Balaban J connectivity index is 1.64. The molecule has 3 amide bonds. The van der Waals surface area contributed by atoms with E-state index in [0.29, 0.717) is 25.2 Å². The molecule has 0 radical (unpaired) electrons. The van der Waals surface area contributed by atoms with Crippen LogP contribution in [0, 0.1) is 11.8 Å². The summed E-state index contributed by atoms with van der Waals surface area (Å²) in [7, 11) is 0. The summed E-state index contributed by atoms with van der Waals surface area (Å²) in [6, 6.07) is 8.70. The monoisotopic (exact) mass is 413 g/mol. The lowest BCUT2D eigenvalue weighted by Gasteiger charge is -2.41. The van der Waals surface area contributed by atoms with Crippen molar-refractivity contribution in [2.75, 3.05) is 19.6 Å². The molecule has 2 aliphatic rings. The standard InChI is InChI=1S/C24H35N3O3/c1-4-17(2)21(25-22(28)19-10-8-9-11-19)24(30)26-14-15-27(18(3)16-26)23(29)20-12-6-5-7-13-20/h5-7,12-13,17-19,21H,4,8-11,14-16H2,1-3H3,(H,25,28). The average Bonchev–Trinajstić information content (AvgIpc) is 3.31. The molecule has 1 saturated heterocycles. The molecule has 1 aromatic carbocycles. The Morgan fingerprint density at radius 2 is 1.77 bits per heavy atom. The van der Waals surface area contributed by atoms with Crippen LogP contribution < -0.4 is 5.32 Å². The van der Waals surface area contributed by atoms with Gasteiger partial charge in [0.2, 0.25) is 11.8 Å². The third-order valence-corrected chi connectivity index (χ3v) is 6.72. The number of carbonyl (C=O) groups excluding carboxylic acids is 3. The summed E-state index contributed by atoms with van der Waals surface area (Å²) in [4.78, 5) is 42.5. The normalized spacial score (nSPS) is 21.9. The van der Waals surface area contributed by atoms with Crippen molar-refractivity contribution in [3.05, 3.63) is 35.9 Å². The zero-order valence-corrected chi connectivity index (χ0v) is 18.5. The molecular weight excluding hydrogens is 378 g/mol. The number of benzene rings is 1. The van der Waals surface area contributed by atoms with E-state index in [4.69, 9.17) is 0 Å². The lowest BCUT2D eigenvalue weighted by Crippen LogP contribution is -2.60. The summed E-state index contributed by atoms with van der Waals surface area (Å²) >= 11 is 0. The van der Waals surface area contributed by atoms with Crippen molar-refractivity contribution >= 4 is 17.7 Å². The van der Waals surface area contributed by atoms with E-state index in [1.165, 1.54) is 0 Å². The van der Waals surface area contributed by atoms with Crippen LogP contribution in [0.15, 0.2) is 30.3 Å². The molecule has 30 heavy (non-hydrogen) atoms. The van der Waals surface area contributed by atoms with Gasteiger partial charge >= 0.3 is 0 Å². The van der Waals surface area contributed by atoms with Gasteiger partial charge in [-0.15, -0.1) is 0 Å². The maximum atomic E-state index is 13.3. The fourth-order valence-electron chi connectivity index (χ4n) is 4.54. The van der Waals surface area contributed by atoms with Gasteiger partial charge < -0.3 is 15.1 Å². The first-order valence-electron chi connectivity index (χ1n) is 11.4. The van der Waals surface area contributed by atoms with Gasteiger partial charge in [0, 0.05) is 37.2 Å². The molecule has 1 heterocycles. The average molecular weight is 414 g/mol. The number of hydrogen-bond donors (Lipinski definition) is 1. The molecule has 1 saturated carbocycles. The fraction of sp³-hybridized carbons (Fsp3) is 0.625. The van der Waals surface area contributed by atoms with Gasteiger partial charge in [-0.05, 0) is 37.8 Å². The first-order valence-corrected chi connectivity index (χ1v) is 11.4. The number of nitrogens with zero attached hydrogens (tertiary/aromatic N) is 2. The Hall–Kier alpha value is -2.37. The van der Waals surface area contributed by atoms with Crippen molar-refractivity contribution in [1.82, 2.24) is 15.1 Å². The molecule has 2 fully saturated rings. The zero-order valence-electron chi connectivity index (χ0n) is 18.5. The lowest BCUT2D eigenvalue weighted by atomic mass is 9.95. The first-order chi connectivity index (χ1) is 14.4. The molecular formula is C24H35N3O3. The molecule has 6 heteroatoms. The third-order valence-electron chi connectivity index (χ3n) is 6.72. The minimum absolute atomic E-state index is 0.00297. The Morgan fingerprint density at radius 1 is 1.10 bits per heavy atom. The van der Waals surface area contributed by atoms with E-state index >= 15 is 0 Å². The molecule has 1 aromatic rings. The Kier molecular flexibility index (Phi) is 7.51. The van der Waals surface area contributed by atoms with Crippen LogP contribution >= 0.6 is 0 Å². The zero-order chi connectivity index (χ0) is 21.7. The lowest BCUT2D eigenvalue weighted by molar-refractivity contribution is -0.140. The van der Waals surface area contributed by atoms with Crippen LogP contribution in [0.25, 0.3) is 0 Å². The topological polar surface area (TPSA) is 69.7 Å². The predicted molar refractivity (Wildman–Crippen MR) is 117 cm³/mol. The number of rotatable bonds is 6. The van der Waals surface area contributed by atoms with Crippen LogP contribution in [0.3, 0.4) is 0 Å². The van der Waals surface area contributed by atoms with Crippen LogP contribution in [-0.4, -0.2) is 59.2 Å². The van der Waals surface area contributed by atoms with Gasteiger partial charge in [0.05, 0.1) is 0 Å². The molecule has 1 aliphatic heterocycles. The van der Waals surface area contributed by atoms with Gasteiger partial charge in [-0.25, -0.2) is 0 Å². The van der Waals surface area contributed by atoms with Crippen LogP contribution in [0.4, 0.5) is 0 Å². The van der Waals surface area contributed by atoms with Gasteiger partial charge in [-0.1, -0.05) is 51.3 Å². The highest BCUT2D eigenvalue weighted by Crippen LogP contribution is 2.25. The molecule has 1 N–H and O–H groups in total. The summed E-state index contributed by atoms with van der Waals surface area (Å²) in [5.74, 6) is 0.125. The number of amides is 3. The quantitative estimate of drug-likeness (QED) is 0.779. The predicted octanol–water partition coefficient (Wildman–Crippen LogP) is 3.08. The highest BCUT2D eigenvalue weighted by molar-refractivity contribution is 5.95. The second-order valence-corrected chi connectivity index (χ2v) is 8.85. The smallest absolute Gasteiger partial charge is 0.254 e. The minimum atomic E-state index is -0.494. The Morgan fingerprint density at radius 3 is 2.37 bits per heavy atom. The minimum Gasteiger partial charge on any atom is -0.344 e. The molecule has 0 bridgehead atoms. The van der Waals surface area contributed by atoms with Gasteiger partial charge in [0.15, 0.2) is 0 Å². The maximum absolute atomic E-state index is 13.3. The van der Waals surface area contributed by atoms with Gasteiger partial charge in [0.25, 0.3) is 5.91 Å². The molecule has 0 spiro atoms. The van der Waals surface area contributed by atoms with E-state index in [-0.39, 0.29) is 35.6 Å². The second kappa shape index (κ2) is 10.1. The Labute approximate surface area is 180 Å². The van der Waals surface area contributed by atoms with Crippen LogP contribution in [0.2, 0.25) is 0 Å². The molecule has 3 rings (SSSR count). The third kappa shape index (κ3) is 5.02. The van der Waals surface area contributed by atoms with Crippen LogP contribution in [0.5, 0.6) is 0 Å². The SMILES string of the molecule is CCC(C)C(NC(=O)C1CCCC1)C(=O)N1CCN(C(=O)c2ccccc2)C(C)C1. The van der Waals surface area contributed by atoms with Crippen molar-refractivity contribution in [3.8, 4) is 0 Å². The van der Waals surface area contributed by atoms with E-state index in [9.17, 15) is 14.4 Å². The number of nitrogens with one attached hydrogen (secondary N) is 1. The van der Waals surface area contributed by atoms with Crippen molar-refractivity contribution in [2.24, 2.45) is 11.8 Å². The summed E-state index contributed by atoms with van der Waals surface area (Å²) < 4.78 is 0. The van der Waals surface area contributed by atoms with Crippen molar-refractivity contribution in [2.45, 2.75) is 65.0 Å². The Bertz CT molecular complexity index is 745. The highest BCUT2D eigenvalue weighted by Gasteiger charge is 2.36.